The van der Waals surface area contributed by atoms with Crippen molar-refractivity contribution >= 4 is 11.7 Å². The first kappa shape index (κ1) is 25.2. The number of halogens is 5. The minimum Gasteiger partial charge on any atom is -0.207 e. The zero-order valence-corrected chi connectivity index (χ0v) is 18.9. The standard InChI is InChI=1S/C29H25F5/c1-3-5-7-9-20-11-13-22(17-26(20)31)28(33)29(34)23-14-15-24(27(32)18-23)21-12-10-19(8-6-4-2)25(30)16-21/h3-5,10-18H,2,6-9H2,1H3/b5-3+,29-28+. The number of hydrogen-bond donors (Lipinski definition) is 0. The molecule has 0 aliphatic carbocycles. The van der Waals surface area contributed by atoms with E-state index in [0.717, 1.165) is 12.1 Å². The van der Waals surface area contributed by atoms with E-state index in [0.29, 0.717) is 36.8 Å². The lowest BCUT2D eigenvalue weighted by Crippen LogP contribution is -1.94. The molecular weight excluding hydrogens is 443 g/mol. The first-order valence-corrected chi connectivity index (χ1v) is 11.0. The molecule has 34 heavy (non-hydrogen) atoms. The highest BCUT2D eigenvalue weighted by molar-refractivity contribution is 5.84. The van der Waals surface area contributed by atoms with Gasteiger partial charge >= 0.3 is 0 Å². The SMILES string of the molecule is C=CCCc1ccc(-c2ccc(/C(F)=C(\F)c3ccc(CC/C=C/C)c(F)c3)cc2F)cc1F. The summed E-state index contributed by atoms with van der Waals surface area (Å²) in [6.07, 6.45) is 7.57. The molecule has 3 aromatic rings. The molecule has 3 rings (SSSR count). The molecule has 0 aliphatic rings. The van der Waals surface area contributed by atoms with Crippen LogP contribution in [0.3, 0.4) is 0 Å². The van der Waals surface area contributed by atoms with Crippen LogP contribution in [0.25, 0.3) is 22.8 Å². The van der Waals surface area contributed by atoms with Crippen LogP contribution >= 0.6 is 0 Å². The second-order valence-electron chi connectivity index (χ2n) is 7.87. The molecule has 0 aromatic heterocycles. The monoisotopic (exact) mass is 468 g/mol. The normalized spacial score (nSPS) is 12.2. The fourth-order valence-corrected chi connectivity index (χ4v) is 3.61. The molecule has 0 amide bonds. The van der Waals surface area contributed by atoms with Crippen molar-refractivity contribution in [2.75, 3.05) is 0 Å². The van der Waals surface area contributed by atoms with Crippen LogP contribution in [-0.4, -0.2) is 0 Å². The van der Waals surface area contributed by atoms with Crippen molar-refractivity contribution in [1.82, 2.24) is 0 Å². The third-order valence-electron chi connectivity index (χ3n) is 5.52. The van der Waals surface area contributed by atoms with Gasteiger partial charge in [0.05, 0.1) is 0 Å². The van der Waals surface area contributed by atoms with Gasteiger partial charge in [-0.2, -0.15) is 0 Å². The Hall–Kier alpha value is -3.47. The topological polar surface area (TPSA) is 0 Å². The van der Waals surface area contributed by atoms with Crippen molar-refractivity contribution in [3.05, 3.63) is 119 Å². The average molecular weight is 469 g/mol. The van der Waals surface area contributed by atoms with Crippen LogP contribution in [0.2, 0.25) is 0 Å². The molecule has 0 saturated carbocycles. The van der Waals surface area contributed by atoms with Crippen molar-refractivity contribution in [2.45, 2.75) is 32.6 Å². The van der Waals surface area contributed by atoms with Crippen LogP contribution in [-0.2, 0) is 12.8 Å². The molecule has 0 saturated heterocycles. The second kappa shape index (κ2) is 11.6. The summed E-state index contributed by atoms with van der Waals surface area (Å²) < 4.78 is 72.9. The van der Waals surface area contributed by atoms with E-state index in [1.165, 1.54) is 30.3 Å². The lowest BCUT2D eigenvalue weighted by molar-refractivity contribution is 0.607. The molecule has 0 atom stereocenters. The Bertz CT molecular complexity index is 1240. The van der Waals surface area contributed by atoms with Crippen LogP contribution in [0.5, 0.6) is 0 Å². The minimum atomic E-state index is -1.31. The number of hydrogen-bond acceptors (Lipinski definition) is 0. The van der Waals surface area contributed by atoms with Crippen LogP contribution in [0.4, 0.5) is 22.0 Å². The second-order valence-corrected chi connectivity index (χ2v) is 7.87. The molecule has 176 valence electrons. The van der Waals surface area contributed by atoms with Gasteiger partial charge in [-0.25, -0.2) is 22.0 Å². The molecule has 0 bridgehead atoms. The van der Waals surface area contributed by atoms with E-state index < -0.39 is 29.1 Å². The zero-order valence-electron chi connectivity index (χ0n) is 18.9. The van der Waals surface area contributed by atoms with E-state index >= 15 is 0 Å². The maximum absolute atomic E-state index is 14.8. The van der Waals surface area contributed by atoms with Gasteiger partial charge in [0, 0.05) is 16.7 Å². The number of aryl methyl sites for hydroxylation is 2. The van der Waals surface area contributed by atoms with Gasteiger partial charge in [0.15, 0.2) is 11.7 Å². The molecule has 0 N–H and O–H groups in total. The Morgan fingerprint density at radius 2 is 1.29 bits per heavy atom. The fraction of sp³-hybridized carbons (Fsp3) is 0.172. The van der Waals surface area contributed by atoms with Gasteiger partial charge < -0.3 is 0 Å². The lowest BCUT2D eigenvalue weighted by atomic mass is 9.99. The lowest BCUT2D eigenvalue weighted by Gasteiger charge is -2.09. The summed E-state index contributed by atoms with van der Waals surface area (Å²) in [5.41, 5.74) is 0.614. The summed E-state index contributed by atoms with van der Waals surface area (Å²) in [4.78, 5) is 0. The first-order chi connectivity index (χ1) is 16.3. The smallest absolute Gasteiger partial charge is 0.166 e. The number of allylic oxidation sites excluding steroid dienone is 3. The average Bonchev–Trinajstić information content (AvgIpc) is 2.83. The van der Waals surface area contributed by atoms with E-state index in [4.69, 9.17) is 0 Å². The summed E-state index contributed by atoms with van der Waals surface area (Å²) in [6.45, 7) is 5.46. The predicted octanol–water partition coefficient (Wildman–Crippen LogP) is 9.16. The van der Waals surface area contributed by atoms with Gasteiger partial charge in [0.1, 0.15) is 17.5 Å². The Morgan fingerprint density at radius 1 is 0.735 bits per heavy atom. The van der Waals surface area contributed by atoms with Gasteiger partial charge in [-0.1, -0.05) is 54.6 Å². The highest BCUT2D eigenvalue weighted by Crippen LogP contribution is 2.33. The van der Waals surface area contributed by atoms with Gasteiger partial charge in [-0.15, -0.1) is 6.58 Å². The van der Waals surface area contributed by atoms with Crippen molar-refractivity contribution in [3.63, 3.8) is 0 Å². The molecule has 0 nitrogen and oxygen atoms in total. The molecule has 0 unspecified atom stereocenters. The molecule has 0 heterocycles. The minimum absolute atomic E-state index is 0.0580. The molecule has 0 radical (unpaired) electrons. The van der Waals surface area contributed by atoms with Crippen molar-refractivity contribution in [3.8, 4) is 11.1 Å². The molecule has 5 heteroatoms. The molecular formula is C29H25F5. The van der Waals surface area contributed by atoms with Crippen LogP contribution in [0.1, 0.15) is 42.0 Å². The Balaban J connectivity index is 1.86. The van der Waals surface area contributed by atoms with Crippen molar-refractivity contribution in [2.24, 2.45) is 0 Å². The largest absolute Gasteiger partial charge is 0.207 e. The highest BCUT2D eigenvalue weighted by atomic mass is 19.2. The Morgan fingerprint density at radius 3 is 1.85 bits per heavy atom. The maximum Gasteiger partial charge on any atom is 0.166 e. The highest BCUT2D eigenvalue weighted by Gasteiger charge is 2.16. The van der Waals surface area contributed by atoms with Crippen LogP contribution in [0, 0.1) is 17.5 Å². The summed E-state index contributed by atoms with van der Waals surface area (Å²) in [5, 5.41) is 0. The first-order valence-electron chi connectivity index (χ1n) is 11.0. The molecule has 0 aliphatic heterocycles. The molecule has 3 aromatic carbocycles. The third-order valence-corrected chi connectivity index (χ3v) is 5.52. The fourth-order valence-electron chi connectivity index (χ4n) is 3.61. The third kappa shape index (κ3) is 5.90. The Labute approximate surface area is 196 Å². The van der Waals surface area contributed by atoms with Crippen LogP contribution < -0.4 is 0 Å². The van der Waals surface area contributed by atoms with Gasteiger partial charge in [-0.05, 0) is 67.5 Å². The van der Waals surface area contributed by atoms with E-state index in [2.05, 4.69) is 6.58 Å². The van der Waals surface area contributed by atoms with E-state index in [1.54, 1.807) is 18.2 Å². The van der Waals surface area contributed by atoms with E-state index in [9.17, 15) is 22.0 Å². The van der Waals surface area contributed by atoms with Crippen molar-refractivity contribution in [1.29, 1.82) is 0 Å². The summed E-state index contributed by atoms with van der Waals surface area (Å²) >= 11 is 0. The van der Waals surface area contributed by atoms with Gasteiger partial charge in [-0.3, -0.25) is 0 Å². The maximum atomic E-state index is 14.8. The molecule has 0 spiro atoms. The number of benzene rings is 3. The summed E-state index contributed by atoms with van der Waals surface area (Å²) in [7, 11) is 0. The quantitative estimate of drug-likeness (QED) is 0.167. The van der Waals surface area contributed by atoms with Gasteiger partial charge in [0.25, 0.3) is 0 Å². The molecule has 0 fully saturated rings. The van der Waals surface area contributed by atoms with Crippen molar-refractivity contribution < 1.29 is 22.0 Å². The van der Waals surface area contributed by atoms with Gasteiger partial charge in [0.2, 0.25) is 0 Å². The predicted molar refractivity (Wildman–Crippen MR) is 129 cm³/mol. The van der Waals surface area contributed by atoms with Crippen LogP contribution in [0.15, 0.2) is 79.4 Å². The summed E-state index contributed by atoms with van der Waals surface area (Å²) in [6, 6.07) is 11.3. The number of rotatable bonds is 9. The zero-order chi connectivity index (χ0) is 24.7. The van der Waals surface area contributed by atoms with E-state index in [-0.39, 0.29) is 22.3 Å². The Kier molecular flexibility index (Phi) is 8.58. The van der Waals surface area contributed by atoms with E-state index in [1.807, 2.05) is 19.1 Å². The summed E-state index contributed by atoms with van der Waals surface area (Å²) in [5.74, 6) is -4.54.